The standard InChI is InChI=1S/C12H25N3O5S/c1-9(11(17)13-12(2,3)4)14-21(18,19)15(5)8-7-10(16)20-6/h9,14H,7-8H2,1-6H3,(H,13,17). The number of rotatable bonds is 7. The van der Waals surface area contributed by atoms with Crippen LogP contribution in [-0.4, -0.2) is 56.9 Å². The molecule has 1 atom stereocenters. The van der Waals surface area contributed by atoms with Crippen molar-refractivity contribution in [1.82, 2.24) is 14.3 Å². The van der Waals surface area contributed by atoms with Gasteiger partial charge in [0.05, 0.1) is 19.6 Å². The van der Waals surface area contributed by atoms with E-state index in [1.165, 1.54) is 21.1 Å². The maximum Gasteiger partial charge on any atom is 0.306 e. The summed E-state index contributed by atoms with van der Waals surface area (Å²) in [6.07, 6.45) is -0.0590. The van der Waals surface area contributed by atoms with Gasteiger partial charge in [-0.25, -0.2) is 0 Å². The van der Waals surface area contributed by atoms with Crippen molar-refractivity contribution < 1.29 is 22.7 Å². The van der Waals surface area contributed by atoms with Gasteiger partial charge in [-0.1, -0.05) is 0 Å². The van der Waals surface area contributed by atoms with Crippen molar-refractivity contribution in [2.45, 2.75) is 45.7 Å². The van der Waals surface area contributed by atoms with Crippen molar-refractivity contribution in [2.24, 2.45) is 0 Å². The van der Waals surface area contributed by atoms with Crippen LogP contribution in [0.3, 0.4) is 0 Å². The minimum Gasteiger partial charge on any atom is -0.469 e. The summed E-state index contributed by atoms with van der Waals surface area (Å²) in [6.45, 7) is 6.82. The number of hydrogen-bond donors (Lipinski definition) is 2. The molecule has 2 N–H and O–H groups in total. The topological polar surface area (TPSA) is 105 Å². The van der Waals surface area contributed by atoms with E-state index >= 15 is 0 Å². The van der Waals surface area contributed by atoms with E-state index in [2.05, 4.69) is 14.8 Å². The second-order valence-electron chi connectivity index (χ2n) is 5.73. The first-order valence-electron chi connectivity index (χ1n) is 6.51. The Hall–Kier alpha value is -1.19. The molecule has 0 aromatic rings. The molecule has 0 aliphatic heterocycles. The van der Waals surface area contributed by atoms with E-state index in [1.807, 2.05) is 0 Å². The summed E-state index contributed by atoms with van der Waals surface area (Å²) in [7, 11) is -1.30. The molecule has 0 aliphatic carbocycles. The van der Waals surface area contributed by atoms with E-state index in [4.69, 9.17) is 0 Å². The molecule has 0 fully saturated rings. The van der Waals surface area contributed by atoms with Crippen molar-refractivity contribution in [2.75, 3.05) is 20.7 Å². The number of ether oxygens (including phenoxy) is 1. The molecule has 0 heterocycles. The monoisotopic (exact) mass is 323 g/mol. The molecule has 124 valence electrons. The number of methoxy groups -OCH3 is 1. The number of carbonyl (C=O) groups excluding carboxylic acids is 2. The summed E-state index contributed by atoms with van der Waals surface area (Å²) in [5, 5.41) is 2.68. The van der Waals surface area contributed by atoms with E-state index in [-0.39, 0.29) is 13.0 Å². The van der Waals surface area contributed by atoms with Crippen LogP contribution in [0.5, 0.6) is 0 Å². The van der Waals surface area contributed by atoms with Crippen LogP contribution in [0, 0.1) is 0 Å². The van der Waals surface area contributed by atoms with Gasteiger partial charge in [0.15, 0.2) is 0 Å². The number of nitrogens with one attached hydrogen (secondary N) is 2. The number of esters is 1. The Labute approximate surface area is 126 Å². The second-order valence-corrected chi connectivity index (χ2v) is 7.54. The van der Waals surface area contributed by atoms with Gasteiger partial charge in [-0.3, -0.25) is 9.59 Å². The van der Waals surface area contributed by atoms with Crippen LogP contribution in [-0.2, 0) is 24.5 Å². The van der Waals surface area contributed by atoms with Gasteiger partial charge < -0.3 is 10.1 Å². The Bertz CT molecular complexity index is 470. The zero-order valence-electron chi connectivity index (χ0n) is 13.4. The highest BCUT2D eigenvalue weighted by Gasteiger charge is 2.26. The van der Waals surface area contributed by atoms with Gasteiger partial charge in [-0.2, -0.15) is 17.4 Å². The zero-order valence-corrected chi connectivity index (χ0v) is 14.2. The molecule has 0 aromatic carbocycles. The van der Waals surface area contributed by atoms with Crippen LogP contribution >= 0.6 is 0 Å². The third-order valence-electron chi connectivity index (χ3n) is 2.49. The van der Waals surface area contributed by atoms with Crippen molar-refractivity contribution in [1.29, 1.82) is 0 Å². The Kier molecular flexibility index (Phi) is 7.28. The molecule has 0 radical (unpaired) electrons. The van der Waals surface area contributed by atoms with E-state index in [1.54, 1.807) is 20.8 Å². The van der Waals surface area contributed by atoms with E-state index < -0.39 is 33.7 Å². The van der Waals surface area contributed by atoms with Gasteiger partial charge in [-0.15, -0.1) is 0 Å². The predicted molar refractivity (Wildman–Crippen MR) is 78.7 cm³/mol. The van der Waals surface area contributed by atoms with Crippen molar-refractivity contribution in [3.63, 3.8) is 0 Å². The largest absolute Gasteiger partial charge is 0.469 e. The Morgan fingerprint density at radius 2 is 1.81 bits per heavy atom. The fourth-order valence-corrected chi connectivity index (χ4v) is 2.38. The van der Waals surface area contributed by atoms with Crippen LogP contribution in [0.4, 0.5) is 0 Å². The average Bonchev–Trinajstić information content (AvgIpc) is 2.32. The summed E-state index contributed by atoms with van der Waals surface area (Å²) < 4.78 is 31.6. The lowest BCUT2D eigenvalue weighted by Crippen LogP contribution is -2.53. The molecular formula is C12H25N3O5S. The minimum atomic E-state index is -3.85. The number of hydrogen-bond acceptors (Lipinski definition) is 5. The molecule has 0 aliphatic rings. The fraction of sp³-hybridized carbons (Fsp3) is 0.833. The highest BCUT2D eigenvalue weighted by atomic mass is 32.2. The normalized spacial score (nSPS) is 13.9. The van der Waals surface area contributed by atoms with Crippen LogP contribution in [0.15, 0.2) is 0 Å². The van der Waals surface area contributed by atoms with Crippen molar-refractivity contribution in [3.8, 4) is 0 Å². The van der Waals surface area contributed by atoms with E-state index in [0.717, 1.165) is 4.31 Å². The highest BCUT2D eigenvalue weighted by Crippen LogP contribution is 2.02. The summed E-state index contributed by atoms with van der Waals surface area (Å²) in [5.74, 6) is -0.928. The zero-order chi connectivity index (χ0) is 16.8. The minimum absolute atomic E-state index is 0.0321. The van der Waals surface area contributed by atoms with E-state index in [9.17, 15) is 18.0 Å². The molecule has 1 unspecified atom stereocenters. The third kappa shape index (κ3) is 7.98. The van der Waals surface area contributed by atoms with Gasteiger partial charge in [0.25, 0.3) is 10.2 Å². The quantitative estimate of drug-likeness (QED) is 0.621. The number of nitrogens with zero attached hydrogens (tertiary/aromatic N) is 1. The van der Waals surface area contributed by atoms with Crippen LogP contribution in [0.1, 0.15) is 34.1 Å². The lowest BCUT2D eigenvalue weighted by Gasteiger charge is -2.25. The lowest BCUT2D eigenvalue weighted by molar-refractivity contribution is -0.140. The van der Waals surface area contributed by atoms with Gasteiger partial charge >= 0.3 is 5.97 Å². The molecule has 0 bridgehead atoms. The number of carbonyl (C=O) groups is 2. The first-order chi connectivity index (χ1) is 9.39. The molecule has 21 heavy (non-hydrogen) atoms. The van der Waals surface area contributed by atoms with Gasteiger partial charge in [-0.05, 0) is 27.7 Å². The predicted octanol–water partition coefficient (Wildman–Crippen LogP) is -0.381. The first-order valence-corrected chi connectivity index (χ1v) is 7.95. The summed E-state index contributed by atoms with van der Waals surface area (Å²) in [5.41, 5.74) is -0.451. The molecule has 1 amide bonds. The highest BCUT2D eigenvalue weighted by molar-refractivity contribution is 7.87. The molecule has 0 aromatic heterocycles. The smallest absolute Gasteiger partial charge is 0.306 e. The first kappa shape index (κ1) is 19.8. The SMILES string of the molecule is COC(=O)CCN(C)S(=O)(=O)NC(C)C(=O)NC(C)(C)C. The van der Waals surface area contributed by atoms with E-state index in [0.29, 0.717) is 0 Å². The summed E-state index contributed by atoms with van der Waals surface area (Å²) in [6, 6.07) is -0.921. The molecule has 0 saturated heterocycles. The van der Waals surface area contributed by atoms with Crippen LogP contribution < -0.4 is 10.0 Å². The van der Waals surface area contributed by atoms with Crippen molar-refractivity contribution >= 4 is 22.1 Å². The maximum atomic E-state index is 12.0. The molecular weight excluding hydrogens is 298 g/mol. The van der Waals surface area contributed by atoms with Crippen LogP contribution in [0.25, 0.3) is 0 Å². The summed E-state index contributed by atoms with van der Waals surface area (Å²) in [4.78, 5) is 22.8. The fourth-order valence-electron chi connectivity index (χ4n) is 1.32. The maximum absolute atomic E-state index is 12.0. The molecule has 9 heteroatoms. The number of amides is 1. The van der Waals surface area contributed by atoms with Gasteiger partial charge in [0, 0.05) is 19.1 Å². The Morgan fingerprint density at radius 3 is 2.24 bits per heavy atom. The summed E-state index contributed by atoms with van der Waals surface area (Å²) >= 11 is 0. The van der Waals surface area contributed by atoms with Gasteiger partial charge in [0.1, 0.15) is 0 Å². The Morgan fingerprint density at radius 1 is 1.29 bits per heavy atom. The second kappa shape index (κ2) is 7.71. The molecule has 0 rings (SSSR count). The van der Waals surface area contributed by atoms with Crippen molar-refractivity contribution in [3.05, 3.63) is 0 Å². The lowest BCUT2D eigenvalue weighted by atomic mass is 10.1. The molecule has 0 spiro atoms. The molecule has 0 saturated carbocycles. The molecule has 8 nitrogen and oxygen atoms in total. The van der Waals surface area contributed by atoms with Crippen LogP contribution in [0.2, 0.25) is 0 Å². The third-order valence-corrected chi connectivity index (χ3v) is 4.14. The average molecular weight is 323 g/mol. The van der Waals surface area contributed by atoms with Gasteiger partial charge in [0.2, 0.25) is 5.91 Å². The Balaban J connectivity index is 4.58.